The minimum atomic E-state index is -3.29. The van der Waals surface area contributed by atoms with Crippen molar-refractivity contribution in [1.82, 2.24) is 4.31 Å². The lowest BCUT2D eigenvalue weighted by atomic mass is 10.3. The second kappa shape index (κ2) is 8.39. The van der Waals surface area contributed by atoms with Gasteiger partial charge in [0.25, 0.3) is 0 Å². The van der Waals surface area contributed by atoms with Gasteiger partial charge in [-0.3, -0.25) is 4.79 Å². The third-order valence-electron chi connectivity index (χ3n) is 3.45. The van der Waals surface area contributed by atoms with Crippen LogP contribution < -0.4 is 10.1 Å². The Morgan fingerprint density at radius 3 is 2.73 bits per heavy atom. The molecule has 1 heterocycles. The van der Waals surface area contributed by atoms with E-state index in [4.69, 9.17) is 20.8 Å². The number of nitrogens with one attached hydrogen (secondary N) is 1. The maximum absolute atomic E-state index is 12.1. The Kier molecular flexibility index (Phi) is 6.47. The van der Waals surface area contributed by atoms with E-state index in [1.54, 1.807) is 30.3 Å². The molecule has 9 heteroatoms. The van der Waals surface area contributed by atoms with Crippen LogP contribution in [0.1, 0.15) is 11.5 Å². The van der Waals surface area contributed by atoms with Crippen molar-refractivity contribution in [2.24, 2.45) is 0 Å². The summed E-state index contributed by atoms with van der Waals surface area (Å²) in [6.45, 7) is 0.110. The number of amides is 1. The fraction of sp³-hybridized carbons (Fsp3) is 0.235. The molecule has 0 atom stereocenters. The standard InChI is InChI=1S/C17H19ClN2O5S/c1-20(26(3,22)23)11-14-6-5-13(25-14)7-9-17(21)19-15-10-12(18)4-8-16(15)24-2/h4-10H,11H2,1-3H3,(H,19,21)/b9-7+. The van der Waals surface area contributed by atoms with Gasteiger partial charge in [-0.1, -0.05) is 11.6 Å². The van der Waals surface area contributed by atoms with Gasteiger partial charge < -0.3 is 14.5 Å². The number of nitrogens with zero attached hydrogens (tertiary/aromatic N) is 1. The summed E-state index contributed by atoms with van der Waals surface area (Å²) in [5.74, 6) is 0.988. The van der Waals surface area contributed by atoms with Crippen LogP contribution in [0.25, 0.3) is 6.08 Å². The fourth-order valence-electron chi connectivity index (χ4n) is 2.02. The molecule has 0 unspecified atom stereocenters. The number of halogens is 1. The number of carbonyl (C=O) groups excluding carboxylic acids is 1. The first-order valence-electron chi connectivity index (χ1n) is 7.51. The van der Waals surface area contributed by atoms with E-state index in [2.05, 4.69) is 5.32 Å². The maximum Gasteiger partial charge on any atom is 0.248 e. The van der Waals surface area contributed by atoms with E-state index < -0.39 is 15.9 Å². The zero-order chi connectivity index (χ0) is 19.3. The number of hydrogen-bond acceptors (Lipinski definition) is 5. The second-order valence-electron chi connectivity index (χ2n) is 5.49. The molecule has 0 aliphatic carbocycles. The molecule has 0 radical (unpaired) electrons. The van der Waals surface area contributed by atoms with E-state index in [9.17, 15) is 13.2 Å². The summed E-state index contributed by atoms with van der Waals surface area (Å²) < 4.78 is 34.6. The maximum atomic E-state index is 12.1. The molecule has 1 amide bonds. The van der Waals surface area contributed by atoms with Crippen molar-refractivity contribution < 1.29 is 22.4 Å². The van der Waals surface area contributed by atoms with Crippen molar-refractivity contribution in [3.05, 3.63) is 53.0 Å². The summed E-state index contributed by atoms with van der Waals surface area (Å²) in [5, 5.41) is 3.14. The van der Waals surface area contributed by atoms with Crippen LogP contribution in [0.15, 0.2) is 40.8 Å². The summed E-state index contributed by atoms with van der Waals surface area (Å²) in [5.41, 5.74) is 0.449. The molecule has 0 fully saturated rings. The van der Waals surface area contributed by atoms with Gasteiger partial charge in [-0.25, -0.2) is 8.42 Å². The van der Waals surface area contributed by atoms with Gasteiger partial charge in [0, 0.05) is 18.1 Å². The molecular formula is C17H19ClN2O5S. The molecule has 1 aromatic carbocycles. The zero-order valence-electron chi connectivity index (χ0n) is 14.5. The predicted octanol–water partition coefficient (Wildman–Crippen LogP) is 2.98. The number of rotatable bonds is 7. The van der Waals surface area contributed by atoms with Crippen molar-refractivity contribution in [3.63, 3.8) is 0 Å². The molecule has 0 saturated carbocycles. The molecule has 0 aliphatic rings. The Labute approximate surface area is 157 Å². The SMILES string of the molecule is COc1ccc(Cl)cc1NC(=O)/C=C/c1ccc(CN(C)S(C)(=O)=O)o1. The molecule has 26 heavy (non-hydrogen) atoms. The van der Waals surface area contributed by atoms with Gasteiger partial charge >= 0.3 is 0 Å². The van der Waals surface area contributed by atoms with Crippen LogP contribution in [0, 0.1) is 0 Å². The quantitative estimate of drug-likeness (QED) is 0.724. The first kappa shape index (κ1) is 20.0. The highest BCUT2D eigenvalue weighted by Gasteiger charge is 2.13. The van der Waals surface area contributed by atoms with Crippen LogP contribution in [0.2, 0.25) is 5.02 Å². The zero-order valence-corrected chi connectivity index (χ0v) is 16.1. The van der Waals surface area contributed by atoms with Crippen LogP contribution in [-0.2, 0) is 21.4 Å². The Hall–Kier alpha value is -2.29. The smallest absolute Gasteiger partial charge is 0.248 e. The highest BCUT2D eigenvalue weighted by atomic mass is 35.5. The minimum Gasteiger partial charge on any atom is -0.495 e. The lowest BCUT2D eigenvalue weighted by molar-refractivity contribution is -0.111. The number of hydrogen-bond donors (Lipinski definition) is 1. The van der Waals surface area contributed by atoms with Crippen LogP contribution in [0.5, 0.6) is 5.75 Å². The van der Waals surface area contributed by atoms with Crippen molar-refractivity contribution in [2.45, 2.75) is 6.54 Å². The summed E-state index contributed by atoms with van der Waals surface area (Å²) >= 11 is 5.92. The first-order valence-corrected chi connectivity index (χ1v) is 9.74. The second-order valence-corrected chi connectivity index (χ2v) is 8.02. The number of benzene rings is 1. The van der Waals surface area contributed by atoms with E-state index in [1.807, 2.05) is 0 Å². The molecule has 140 valence electrons. The van der Waals surface area contributed by atoms with E-state index >= 15 is 0 Å². The average Bonchev–Trinajstić information content (AvgIpc) is 3.00. The largest absolute Gasteiger partial charge is 0.495 e. The van der Waals surface area contributed by atoms with Crippen LogP contribution >= 0.6 is 11.6 Å². The molecule has 0 bridgehead atoms. The Bertz CT molecular complexity index is 921. The third-order valence-corrected chi connectivity index (χ3v) is 4.94. The van der Waals surface area contributed by atoms with Crippen molar-refractivity contribution in [1.29, 1.82) is 0 Å². The number of furan rings is 1. The summed E-state index contributed by atoms with van der Waals surface area (Å²) in [7, 11) is -0.343. The Balaban J connectivity index is 2.02. The Morgan fingerprint density at radius 2 is 2.08 bits per heavy atom. The number of sulfonamides is 1. The average molecular weight is 399 g/mol. The molecular weight excluding hydrogens is 380 g/mol. The number of ether oxygens (including phenoxy) is 1. The third kappa shape index (κ3) is 5.62. The lowest BCUT2D eigenvalue weighted by Gasteiger charge is -2.11. The first-order chi connectivity index (χ1) is 12.2. The number of anilines is 1. The van der Waals surface area contributed by atoms with Gasteiger partial charge in [-0.05, 0) is 36.4 Å². The monoisotopic (exact) mass is 398 g/mol. The molecule has 7 nitrogen and oxygen atoms in total. The Morgan fingerprint density at radius 1 is 1.35 bits per heavy atom. The summed E-state index contributed by atoms with van der Waals surface area (Å²) in [6.07, 6.45) is 3.89. The lowest BCUT2D eigenvalue weighted by Crippen LogP contribution is -2.24. The highest BCUT2D eigenvalue weighted by Crippen LogP contribution is 2.27. The van der Waals surface area contributed by atoms with E-state index in [0.717, 1.165) is 10.6 Å². The van der Waals surface area contributed by atoms with E-state index in [1.165, 1.54) is 26.3 Å². The van der Waals surface area contributed by atoms with Gasteiger partial charge in [-0.15, -0.1) is 0 Å². The molecule has 1 N–H and O–H groups in total. The van der Waals surface area contributed by atoms with Gasteiger partial charge in [-0.2, -0.15) is 4.31 Å². The van der Waals surface area contributed by atoms with Crippen molar-refractivity contribution >= 4 is 39.3 Å². The number of methoxy groups -OCH3 is 1. The van der Waals surface area contributed by atoms with Gasteiger partial charge in [0.1, 0.15) is 17.3 Å². The van der Waals surface area contributed by atoms with Gasteiger partial charge in [0.2, 0.25) is 15.9 Å². The minimum absolute atomic E-state index is 0.110. The van der Waals surface area contributed by atoms with E-state index in [-0.39, 0.29) is 6.54 Å². The topological polar surface area (TPSA) is 88.9 Å². The summed E-state index contributed by atoms with van der Waals surface area (Å²) in [4.78, 5) is 12.1. The fourth-order valence-corrected chi connectivity index (χ4v) is 2.55. The van der Waals surface area contributed by atoms with Crippen molar-refractivity contribution in [3.8, 4) is 5.75 Å². The molecule has 0 saturated heterocycles. The van der Waals surface area contributed by atoms with Crippen molar-refractivity contribution in [2.75, 3.05) is 25.7 Å². The highest BCUT2D eigenvalue weighted by molar-refractivity contribution is 7.88. The van der Waals surface area contributed by atoms with E-state index in [0.29, 0.717) is 28.0 Å². The molecule has 0 aliphatic heterocycles. The van der Waals surface area contributed by atoms with Crippen LogP contribution in [0.4, 0.5) is 5.69 Å². The molecule has 2 rings (SSSR count). The number of carbonyl (C=O) groups is 1. The molecule has 0 spiro atoms. The normalized spacial score (nSPS) is 11.9. The van der Waals surface area contributed by atoms with Crippen LogP contribution in [0.3, 0.4) is 0 Å². The molecule has 1 aromatic heterocycles. The predicted molar refractivity (Wildman–Crippen MR) is 101 cm³/mol. The van der Waals surface area contributed by atoms with Crippen LogP contribution in [-0.4, -0.2) is 39.0 Å². The molecule has 2 aromatic rings. The summed E-state index contributed by atoms with van der Waals surface area (Å²) in [6, 6.07) is 8.19. The van der Waals surface area contributed by atoms with Gasteiger partial charge in [0.15, 0.2) is 0 Å². The van der Waals surface area contributed by atoms with Gasteiger partial charge in [0.05, 0.1) is 25.6 Å².